The molecule has 206 valence electrons. The first kappa shape index (κ1) is 27.9. The number of hydrogen-bond acceptors (Lipinski definition) is 12. The number of nitrogens with zero attached hydrogens (tertiary/aromatic N) is 5. The molecule has 0 aliphatic carbocycles. The van der Waals surface area contributed by atoms with Crippen LogP contribution in [-0.2, 0) is 37.2 Å². The van der Waals surface area contributed by atoms with Crippen LogP contribution in [0.2, 0.25) is 0 Å². The van der Waals surface area contributed by atoms with Gasteiger partial charge in [-0.3, -0.25) is 14.5 Å². The van der Waals surface area contributed by atoms with E-state index in [0.717, 1.165) is 16.4 Å². The van der Waals surface area contributed by atoms with Crippen molar-refractivity contribution in [3.05, 3.63) is 47.2 Å². The molecule has 0 saturated carbocycles. The van der Waals surface area contributed by atoms with Gasteiger partial charge in [-0.2, -0.15) is 9.36 Å². The van der Waals surface area contributed by atoms with E-state index in [1.165, 1.54) is 25.6 Å². The van der Waals surface area contributed by atoms with Gasteiger partial charge in [0.25, 0.3) is 11.8 Å². The Morgan fingerprint density at radius 1 is 1.31 bits per heavy atom. The Balaban J connectivity index is 1.54. The molecule has 2 aromatic heterocycles. The maximum Gasteiger partial charge on any atom is 0.352 e. The van der Waals surface area contributed by atoms with Crippen LogP contribution in [0.25, 0.3) is 0 Å². The number of aliphatic hydroxyl groups is 1. The van der Waals surface area contributed by atoms with Crippen LogP contribution >= 0.6 is 23.3 Å². The summed E-state index contributed by atoms with van der Waals surface area (Å²) in [5, 5.41) is 33.9. The fourth-order valence-corrected chi connectivity index (χ4v) is 5.42. The largest absolute Gasteiger partial charge is 0.478 e. The number of carboxylic acids is 2. The van der Waals surface area contributed by atoms with Gasteiger partial charge in [0.15, 0.2) is 24.1 Å². The second kappa shape index (κ2) is 11.0. The molecule has 0 aromatic carbocycles. The second-order valence-corrected chi connectivity index (χ2v) is 10.8. The van der Waals surface area contributed by atoms with Crippen LogP contribution in [-0.4, -0.2) is 81.8 Å². The minimum Gasteiger partial charge on any atom is -0.478 e. The number of oxime groups is 1. The summed E-state index contributed by atoms with van der Waals surface area (Å²) in [5.74, 6) is -4.15. The first-order chi connectivity index (χ1) is 18.4. The van der Waals surface area contributed by atoms with Crippen molar-refractivity contribution in [1.82, 2.24) is 19.6 Å². The average molecular weight is 579 g/mol. The molecule has 2 aliphatic heterocycles. The molecule has 1 fully saturated rings. The summed E-state index contributed by atoms with van der Waals surface area (Å²) in [6.45, 7) is 2.52. The molecule has 15 nitrogen and oxygen atoms in total. The molecule has 0 unspecified atom stereocenters. The van der Waals surface area contributed by atoms with Gasteiger partial charge in [0.2, 0.25) is 17.1 Å². The Bertz CT molecular complexity index is 1390. The number of carbonyl (C=O) groups excluding carboxylic acids is 2. The van der Waals surface area contributed by atoms with Gasteiger partial charge in [-0.15, -0.1) is 11.8 Å². The predicted octanol–water partition coefficient (Wildman–Crippen LogP) is -1.08. The zero-order valence-corrected chi connectivity index (χ0v) is 22.2. The number of rotatable bonds is 10. The van der Waals surface area contributed by atoms with E-state index in [9.17, 15) is 34.5 Å². The molecular weight excluding hydrogens is 554 g/mol. The van der Waals surface area contributed by atoms with Crippen molar-refractivity contribution in [3.8, 4) is 0 Å². The zero-order valence-electron chi connectivity index (χ0n) is 20.6. The molecule has 0 radical (unpaired) electrons. The summed E-state index contributed by atoms with van der Waals surface area (Å²) in [6, 6.07) is 2.31. The van der Waals surface area contributed by atoms with Gasteiger partial charge < -0.3 is 31.2 Å². The fourth-order valence-electron chi connectivity index (χ4n) is 3.65. The number of carboxylic acid groups (broad SMARTS) is 2. The number of anilines is 1. The summed E-state index contributed by atoms with van der Waals surface area (Å²) >= 11 is 2.05. The van der Waals surface area contributed by atoms with Crippen LogP contribution in [0.4, 0.5) is 5.13 Å². The molecule has 2 aromatic rings. The number of nitrogens with two attached hydrogens (primary N) is 1. The zero-order chi connectivity index (χ0) is 28.5. The number of aliphatic carboxylic acids is 2. The highest BCUT2D eigenvalue weighted by Crippen LogP contribution is 2.40. The fraction of sp³-hybridized carbons (Fsp3) is 0.364. The van der Waals surface area contributed by atoms with Crippen molar-refractivity contribution >= 4 is 57.9 Å². The van der Waals surface area contributed by atoms with Gasteiger partial charge >= 0.3 is 11.9 Å². The van der Waals surface area contributed by atoms with E-state index in [1.54, 1.807) is 29.1 Å². The van der Waals surface area contributed by atoms with Crippen LogP contribution in [0.1, 0.15) is 25.2 Å². The minimum atomic E-state index is -1.79. The first-order valence-corrected chi connectivity index (χ1v) is 13.1. The van der Waals surface area contributed by atoms with E-state index in [4.69, 9.17) is 10.6 Å². The molecule has 39 heavy (non-hydrogen) atoms. The van der Waals surface area contributed by atoms with E-state index < -0.39 is 46.5 Å². The monoisotopic (exact) mass is 578 g/mol. The Morgan fingerprint density at radius 2 is 2.00 bits per heavy atom. The lowest BCUT2D eigenvalue weighted by Crippen LogP contribution is -2.71. The average Bonchev–Trinajstić information content (AvgIpc) is 3.32. The molecule has 0 spiro atoms. The van der Waals surface area contributed by atoms with Gasteiger partial charge in [-0.1, -0.05) is 5.16 Å². The third-order valence-corrected chi connectivity index (χ3v) is 7.68. The normalized spacial score (nSPS) is 19.3. The van der Waals surface area contributed by atoms with Crippen molar-refractivity contribution in [2.45, 2.75) is 44.0 Å². The number of carbonyl (C=O) groups is 4. The quantitative estimate of drug-likeness (QED) is 0.0983. The minimum absolute atomic E-state index is 0.0179. The molecule has 0 bridgehead atoms. The summed E-state index contributed by atoms with van der Waals surface area (Å²) in [5.41, 5.74) is 4.35. The molecule has 2 amide bonds. The smallest absolute Gasteiger partial charge is 0.352 e. The SMILES string of the molecule is CC(C)(O/N=C(\C(=O)N[C@@H]1C(=O)N2C(C(=O)O)=C(C[n+]3ccc(CO)cc3)CS[C@H]12)c1nsc(N)n1)C(=O)O. The highest BCUT2D eigenvalue weighted by atomic mass is 32.2. The number of thioether (sulfide) groups is 1. The van der Waals surface area contributed by atoms with Gasteiger partial charge in [-0.25, -0.2) is 14.2 Å². The number of amides is 2. The lowest BCUT2D eigenvalue weighted by Gasteiger charge is -2.49. The van der Waals surface area contributed by atoms with Gasteiger partial charge in [0.1, 0.15) is 17.1 Å². The summed E-state index contributed by atoms with van der Waals surface area (Å²) in [7, 11) is 0. The van der Waals surface area contributed by atoms with Gasteiger partial charge in [0.05, 0.1) is 6.61 Å². The first-order valence-electron chi connectivity index (χ1n) is 11.3. The highest BCUT2D eigenvalue weighted by molar-refractivity contribution is 8.00. The second-order valence-electron chi connectivity index (χ2n) is 8.96. The van der Waals surface area contributed by atoms with Crippen LogP contribution < -0.4 is 15.6 Å². The number of aromatic nitrogens is 3. The summed E-state index contributed by atoms with van der Waals surface area (Å²) in [6.07, 6.45) is 3.40. The summed E-state index contributed by atoms with van der Waals surface area (Å²) < 4.78 is 5.65. The predicted molar refractivity (Wildman–Crippen MR) is 136 cm³/mol. The number of nitrogen functional groups attached to an aromatic ring is 1. The molecule has 4 rings (SSSR count). The van der Waals surface area contributed by atoms with Crippen molar-refractivity contribution in [2.24, 2.45) is 5.16 Å². The van der Waals surface area contributed by atoms with Crippen LogP contribution in [0, 0.1) is 0 Å². The van der Waals surface area contributed by atoms with Crippen molar-refractivity contribution in [2.75, 3.05) is 11.5 Å². The van der Waals surface area contributed by atoms with E-state index in [0.29, 0.717) is 11.1 Å². The lowest BCUT2D eigenvalue weighted by molar-refractivity contribution is -0.689. The number of fused-ring (bicyclic) bond motifs is 1. The van der Waals surface area contributed by atoms with Gasteiger partial charge in [-0.05, 0) is 19.4 Å². The van der Waals surface area contributed by atoms with E-state index in [-0.39, 0.29) is 35.6 Å². The number of nitrogens with one attached hydrogen (secondary N) is 1. The molecule has 2 aliphatic rings. The highest BCUT2D eigenvalue weighted by Gasteiger charge is 2.55. The van der Waals surface area contributed by atoms with Crippen molar-refractivity contribution in [1.29, 1.82) is 0 Å². The van der Waals surface area contributed by atoms with Gasteiger partial charge in [0, 0.05) is 35.0 Å². The van der Waals surface area contributed by atoms with Crippen LogP contribution in [0.15, 0.2) is 41.0 Å². The standard InChI is InChI=1S/C22H23N7O8S2/c1-22(2,20(35)36)37-26-12(15-25-21(23)39-27-15)16(31)24-13-17(32)29-14(19(33)34)11(9-38-18(13)29)7-28-5-3-10(8-30)4-6-28/h3-6,13,18,30H,7-9H2,1-2H3,(H4-,23,24,25,27,31,33,34,35,36)/p+1/b26-12-/t13-,18-/m1/s1. The Hall–Kier alpha value is -4.09. The number of aliphatic hydroxyl groups excluding tert-OH is 1. The number of pyridine rings is 1. The molecule has 17 heteroatoms. The number of β-lactam (4-membered cyclic amide) rings is 1. The topological polar surface area (TPSA) is 222 Å². The molecular formula is C22H24N7O8S2+. The van der Waals surface area contributed by atoms with E-state index in [1.807, 2.05) is 0 Å². The van der Waals surface area contributed by atoms with E-state index in [2.05, 4.69) is 19.8 Å². The molecule has 6 N–H and O–H groups in total. The Kier molecular flexibility index (Phi) is 7.84. The molecule has 4 heterocycles. The third kappa shape index (κ3) is 5.69. The van der Waals surface area contributed by atoms with Crippen LogP contribution in [0.3, 0.4) is 0 Å². The third-order valence-electron chi connectivity index (χ3n) is 5.80. The number of hydrogen-bond donors (Lipinski definition) is 5. The molecule has 1 saturated heterocycles. The Morgan fingerprint density at radius 3 is 2.56 bits per heavy atom. The van der Waals surface area contributed by atoms with Crippen molar-refractivity contribution < 1.29 is 43.9 Å². The Labute approximate surface area is 229 Å². The maximum atomic E-state index is 13.1. The van der Waals surface area contributed by atoms with Crippen molar-refractivity contribution in [3.63, 3.8) is 0 Å². The van der Waals surface area contributed by atoms with E-state index >= 15 is 0 Å². The van der Waals surface area contributed by atoms with Crippen LogP contribution in [0.5, 0.6) is 0 Å². The maximum absolute atomic E-state index is 13.1. The molecule has 2 atom stereocenters. The summed E-state index contributed by atoms with van der Waals surface area (Å²) in [4.78, 5) is 59.8. The lowest BCUT2D eigenvalue weighted by atomic mass is 10.0.